The summed E-state index contributed by atoms with van der Waals surface area (Å²) in [7, 11) is 2.16. The van der Waals surface area contributed by atoms with Crippen LogP contribution in [-0.2, 0) is 4.79 Å². The zero-order valence-electron chi connectivity index (χ0n) is 12.5. The van der Waals surface area contributed by atoms with Crippen molar-refractivity contribution in [3.8, 4) is 0 Å². The summed E-state index contributed by atoms with van der Waals surface area (Å²) in [6.45, 7) is 4.26. The van der Waals surface area contributed by atoms with Crippen molar-refractivity contribution in [1.82, 2.24) is 15.5 Å². The Balaban J connectivity index is 1.69. The van der Waals surface area contributed by atoms with Gasteiger partial charge in [0.05, 0.1) is 6.04 Å². The number of hydrogen-bond donors (Lipinski definition) is 2. The largest absolute Gasteiger partial charge is 0.352 e. The molecule has 0 radical (unpaired) electrons. The summed E-state index contributed by atoms with van der Waals surface area (Å²) < 4.78 is 0. The molecule has 0 aromatic heterocycles. The van der Waals surface area contributed by atoms with E-state index >= 15 is 0 Å². The van der Waals surface area contributed by atoms with E-state index in [1.807, 2.05) is 6.92 Å². The lowest BCUT2D eigenvalue weighted by Crippen LogP contribution is -2.51. The first-order valence-corrected chi connectivity index (χ1v) is 7.90. The van der Waals surface area contributed by atoms with Gasteiger partial charge in [-0.25, -0.2) is 0 Å². The van der Waals surface area contributed by atoms with E-state index < -0.39 is 0 Å². The van der Waals surface area contributed by atoms with Crippen molar-refractivity contribution in [1.29, 1.82) is 0 Å². The molecule has 2 fully saturated rings. The summed E-state index contributed by atoms with van der Waals surface area (Å²) in [5, 5.41) is 6.70. The number of nitrogens with zero attached hydrogens (tertiary/aromatic N) is 1. The SMILES string of the molecule is CC(NC1CCN(C)CC1)C(=O)NC1CCCCC1. The molecule has 4 nitrogen and oxygen atoms in total. The summed E-state index contributed by atoms with van der Waals surface area (Å²) in [6.07, 6.45) is 8.48. The van der Waals surface area contributed by atoms with Gasteiger partial charge in [-0.15, -0.1) is 0 Å². The van der Waals surface area contributed by atoms with E-state index in [-0.39, 0.29) is 11.9 Å². The van der Waals surface area contributed by atoms with Crippen molar-refractivity contribution >= 4 is 5.91 Å². The van der Waals surface area contributed by atoms with Crippen LogP contribution < -0.4 is 10.6 Å². The lowest BCUT2D eigenvalue weighted by molar-refractivity contribution is -0.124. The Kier molecular flexibility index (Phi) is 5.64. The molecule has 1 atom stereocenters. The first-order valence-electron chi connectivity index (χ1n) is 7.90. The molecular formula is C15H29N3O. The summed E-state index contributed by atoms with van der Waals surface area (Å²) >= 11 is 0. The van der Waals surface area contributed by atoms with Gasteiger partial charge in [-0.1, -0.05) is 19.3 Å². The highest BCUT2D eigenvalue weighted by molar-refractivity contribution is 5.81. The van der Waals surface area contributed by atoms with E-state index in [2.05, 4.69) is 22.6 Å². The molecule has 110 valence electrons. The van der Waals surface area contributed by atoms with Crippen LogP contribution in [-0.4, -0.2) is 49.1 Å². The van der Waals surface area contributed by atoms with E-state index in [1.165, 1.54) is 19.3 Å². The highest BCUT2D eigenvalue weighted by Crippen LogP contribution is 2.17. The number of carbonyl (C=O) groups excluding carboxylic acids is 1. The fourth-order valence-corrected chi connectivity index (χ4v) is 3.18. The highest BCUT2D eigenvalue weighted by Gasteiger charge is 2.23. The lowest BCUT2D eigenvalue weighted by atomic mass is 9.95. The summed E-state index contributed by atoms with van der Waals surface area (Å²) in [4.78, 5) is 14.5. The third-order valence-corrected chi connectivity index (χ3v) is 4.55. The molecule has 0 spiro atoms. The van der Waals surface area contributed by atoms with E-state index in [1.54, 1.807) is 0 Å². The van der Waals surface area contributed by atoms with Gasteiger partial charge in [0.2, 0.25) is 5.91 Å². The molecule has 1 amide bonds. The molecule has 1 saturated carbocycles. The molecule has 0 aromatic carbocycles. The molecule has 2 N–H and O–H groups in total. The molecule has 2 aliphatic rings. The Labute approximate surface area is 117 Å². The predicted molar refractivity (Wildman–Crippen MR) is 78.1 cm³/mol. The first kappa shape index (κ1) is 14.8. The zero-order valence-corrected chi connectivity index (χ0v) is 12.5. The average Bonchev–Trinajstić information content (AvgIpc) is 2.42. The number of hydrogen-bond acceptors (Lipinski definition) is 3. The molecule has 0 aromatic rings. The molecule has 1 heterocycles. The smallest absolute Gasteiger partial charge is 0.237 e. The fourth-order valence-electron chi connectivity index (χ4n) is 3.18. The van der Waals surface area contributed by atoms with Crippen LogP contribution in [0, 0.1) is 0 Å². The topological polar surface area (TPSA) is 44.4 Å². The number of nitrogens with one attached hydrogen (secondary N) is 2. The van der Waals surface area contributed by atoms with Crippen LogP contribution in [0.15, 0.2) is 0 Å². The van der Waals surface area contributed by atoms with Crippen LogP contribution in [0.5, 0.6) is 0 Å². The maximum Gasteiger partial charge on any atom is 0.237 e. The van der Waals surface area contributed by atoms with Crippen LogP contribution >= 0.6 is 0 Å². The van der Waals surface area contributed by atoms with Crippen molar-refractivity contribution < 1.29 is 4.79 Å². The quantitative estimate of drug-likeness (QED) is 0.811. The number of amides is 1. The van der Waals surface area contributed by atoms with Crippen LogP contribution in [0.1, 0.15) is 51.9 Å². The van der Waals surface area contributed by atoms with Crippen LogP contribution in [0.25, 0.3) is 0 Å². The van der Waals surface area contributed by atoms with Crippen molar-refractivity contribution in [2.45, 2.75) is 70.0 Å². The lowest BCUT2D eigenvalue weighted by Gasteiger charge is -2.32. The Morgan fingerprint density at radius 1 is 1.05 bits per heavy atom. The maximum absolute atomic E-state index is 12.2. The van der Waals surface area contributed by atoms with Crippen molar-refractivity contribution in [2.24, 2.45) is 0 Å². The van der Waals surface area contributed by atoms with Gasteiger partial charge in [-0.3, -0.25) is 4.79 Å². The first-order chi connectivity index (χ1) is 9.15. The normalized spacial score (nSPS) is 25.2. The zero-order chi connectivity index (χ0) is 13.7. The number of carbonyl (C=O) groups is 1. The Hall–Kier alpha value is -0.610. The fraction of sp³-hybridized carbons (Fsp3) is 0.933. The van der Waals surface area contributed by atoms with Crippen molar-refractivity contribution in [3.63, 3.8) is 0 Å². The van der Waals surface area contributed by atoms with Gasteiger partial charge in [0, 0.05) is 12.1 Å². The molecular weight excluding hydrogens is 238 g/mol. The number of likely N-dealkylation sites (tertiary alicyclic amines) is 1. The van der Waals surface area contributed by atoms with Crippen LogP contribution in [0.2, 0.25) is 0 Å². The minimum absolute atomic E-state index is 0.0599. The van der Waals surface area contributed by atoms with Gasteiger partial charge in [-0.05, 0) is 52.7 Å². The van der Waals surface area contributed by atoms with Crippen molar-refractivity contribution in [2.75, 3.05) is 20.1 Å². The molecule has 2 rings (SSSR count). The second-order valence-corrected chi connectivity index (χ2v) is 6.31. The Morgan fingerprint density at radius 2 is 1.68 bits per heavy atom. The molecule has 1 aliphatic carbocycles. The Morgan fingerprint density at radius 3 is 2.32 bits per heavy atom. The summed E-state index contributed by atoms with van der Waals surface area (Å²) in [5.41, 5.74) is 0. The number of piperidine rings is 1. The van der Waals surface area contributed by atoms with E-state index in [4.69, 9.17) is 0 Å². The van der Waals surface area contributed by atoms with Crippen LogP contribution in [0.4, 0.5) is 0 Å². The third-order valence-electron chi connectivity index (χ3n) is 4.55. The molecule has 4 heteroatoms. The van der Waals surface area contributed by atoms with Gasteiger partial charge in [-0.2, -0.15) is 0 Å². The van der Waals surface area contributed by atoms with Gasteiger partial charge in [0.1, 0.15) is 0 Å². The minimum atomic E-state index is -0.0599. The molecule has 1 aliphatic heterocycles. The minimum Gasteiger partial charge on any atom is -0.352 e. The Bertz CT molecular complexity index is 281. The van der Waals surface area contributed by atoms with Crippen molar-refractivity contribution in [3.05, 3.63) is 0 Å². The average molecular weight is 267 g/mol. The second-order valence-electron chi connectivity index (χ2n) is 6.31. The highest BCUT2D eigenvalue weighted by atomic mass is 16.2. The standard InChI is InChI=1S/C15H29N3O/c1-12(16-14-8-10-18(2)11-9-14)15(19)17-13-6-4-3-5-7-13/h12-14,16H,3-11H2,1-2H3,(H,17,19). The maximum atomic E-state index is 12.2. The monoisotopic (exact) mass is 267 g/mol. The summed E-state index contributed by atoms with van der Waals surface area (Å²) in [6, 6.07) is 0.863. The van der Waals surface area contributed by atoms with E-state index in [0.717, 1.165) is 38.8 Å². The summed E-state index contributed by atoms with van der Waals surface area (Å²) in [5.74, 6) is 0.186. The van der Waals surface area contributed by atoms with Gasteiger partial charge in [0.25, 0.3) is 0 Å². The van der Waals surface area contributed by atoms with Crippen LogP contribution in [0.3, 0.4) is 0 Å². The molecule has 1 unspecified atom stereocenters. The van der Waals surface area contributed by atoms with E-state index in [9.17, 15) is 4.79 Å². The molecule has 0 bridgehead atoms. The third kappa shape index (κ3) is 4.77. The van der Waals surface area contributed by atoms with Gasteiger partial charge in [0.15, 0.2) is 0 Å². The second kappa shape index (κ2) is 7.25. The van der Waals surface area contributed by atoms with Gasteiger partial charge >= 0.3 is 0 Å². The predicted octanol–water partition coefficient (Wildman–Crippen LogP) is 1.51. The molecule has 1 saturated heterocycles. The van der Waals surface area contributed by atoms with Gasteiger partial charge < -0.3 is 15.5 Å². The molecule has 19 heavy (non-hydrogen) atoms. The number of rotatable bonds is 4. The van der Waals surface area contributed by atoms with E-state index in [0.29, 0.717) is 12.1 Å².